The highest BCUT2D eigenvalue weighted by atomic mass is 16.5. The lowest BCUT2D eigenvalue weighted by Crippen LogP contribution is -2.24. The van der Waals surface area contributed by atoms with Gasteiger partial charge >= 0.3 is 5.97 Å². The Hall–Kier alpha value is -1.35. The summed E-state index contributed by atoms with van der Waals surface area (Å²) in [5, 5.41) is 0. The molecule has 0 N–H and O–H groups in total. The minimum absolute atomic E-state index is 0.268. The third-order valence-corrected chi connectivity index (χ3v) is 4.59. The molecule has 116 valence electrons. The van der Waals surface area contributed by atoms with E-state index < -0.39 is 0 Å². The van der Waals surface area contributed by atoms with E-state index in [9.17, 15) is 4.79 Å². The summed E-state index contributed by atoms with van der Waals surface area (Å²) in [6.45, 7) is 8.02. The van der Waals surface area contributed by atoms with E-state index in [1.807, 2.05) is 24.3 Å². The molecule has 0 saturated carbocycles. The van der Waals surface area contributed by atoms with Crippen LogP contribution in [0.3, 0.4) is 0 Å². The zero-order valence-corrected chi connectivity index (χ0v) is 13.5. The predicted molar refractivity (Wildman–Crippen MR) is 85.2 cm³/mol. The summed E-state index contributed by atoms with van der Waals surface area (Å²) in [6.07, 6.45) is 3.95. The maximum atomic E-state index is 11.4. The number of ether oxygens (including phenoxy) is 1. The summed E-state index contributed by atoms with van der Waals surface area (Å²) in [5.74, 6) is 1.40. The molecular weight excluding hydrogens is 262 g/mol. The van der Waals surface area contributed by atoms with E-state index in [0.717, 1.165) is 18.4 Å². The molecule has 1 atom stereocenters. The van der Waals surface area contributed by atoms with Gasteiger partial charge in [-0.1, -0.05) is 26.0 Å². The average Bonchev–Trinajstić information content (AvgIpc) is 2.73. The van der Waals surface area contributed by atoms with Gasteiger partial charge in [0.2, 0.25) is 0 Å². The van der Waals surface area contributed by atoms with Gasteiger partial charge < -0.3 is 4.74 Å². The molecule has 1 aliphatic rings. The van der Waals surface area contributed by atoms with E-state index in [1.54, 1.807) is 0 Å². The second kappa shape index (κ2) is 7.60. The number of carbonyl (C=O) groups excluding carboxylic acids is 1. The summed E-state index contributed by atoms with van der Waals surface area (Å²) in [4.78, 5) is 14.0. The van der Waals surface area contributed by atoms with Gasteiger partial charge in [0.15, 0.2) is 0 Å². The lowest BCUT2D eigenvalue weighted by Gasteiger charge is -2.21. The van der Waals surface area contributed by atoms with Gasteiger partial charge in [-0.25, -0.2) is 4.79 Å². The lowest BCUT2D eigenvalue weighted by atomic mass is 9.89. The number of esters is 1. The minimum atomic E-state index is -0.268. The Balaban J connectivity index is 1.91. The van der Waals surface area contributed by atoms with Crippen molar-refractivity contribution < 1.29 is 9.53 Å². The second-order valence-corrected chi connectivity index (χ2v) is 6.40. The monoisotopic (exact) mass is 289 g/mol. The van der Waals surface area contributed by atoms with Crippen molar-refractivity contribution in [3.8, 4) is 0 Å². The molecule has 2 rings (SSSR count). The molecule has 1 unspecified atom stereocenters. The van der Waals surface area contributed by atoms with E-state index in [1.165, 1.54) is 45.0 Å². The lowest BCUT2D eigenvalue weighted by molar-refractivity contribution is 0.0600. The van der Waals surface area contributed by atoms with Crippen LogP contribution >= 0.6 is 0 Å². The summed E-state index contributed by atoms with van der Waals surface area (Å²) < 4.78 is 4.73. The van der Waals surface area contributed by atoms with Crippen LogP contribution in [0.5, 0.6) is 0 Å². The quantitative estimate of drug-likeness (QED) is 0.791. The van der Waals surface area contributed by atoms with E-state index in [2.05, 4.69) is 18.7 Å². The number of likely N-dealkylation sites (tertiary alicyclic amines) is 1. The Morgan fingerprint density at radius 1 is 1.24 bits per heavy atom. The third kappa shape index (κ3) is 4.57. The van der Waals surface area contributed by atoms with Crippen molar-refractivity contribution in [3.05, 3.63) is 35.4 Å². The van der Waals surface area contributed by atoms with Crippen LogP contribution in [0.4, 0.5) is 0 Å². The number of hydrogen-bond donors (Lipinski definition) is 0. The fourth-order valence-corrected chi connectivity index (χ4v) is 3.13. The number of carbonyl (C=O) groups is 1. The molecule has 3 heteroatoms. The molecule has 1 aliphatic heterocycles. The van der Waals surface area contributed by atoms with Gasteiger partial charge in [0.05, 0.1) is 12.7 Å². The Bertz CT molecular complexity index is 453. The van der Waals surface area contributed by atoms with Gasteiger partial charge in [0.25, 0.3) is 0 Å². The van der Waals surface area contributed by atoms with Gasteiger partial charge in [-0.2, -0.15) is 0 Å². The molecule has 1 aromatic carbocycles. The van der Waals surface area contributed by atoms with Crippen LogP contribution in [-0.2, 0) is 11.3 Å². The van der Waals surface area contributed by atoms with E-state index in [-0.39, 0.29) is 5.97 Å². The Morgan fingerprint density at radius 2 is 1.95 bits per heavy atom. The van der Waals surface area contributed by atoms with Gasteiger partial charge in [-0.3, -0.25) is 4.90 Å². The number of rotatable bonds is 4. The van der Waals surface area contributed by atoms with Crippen molar-refractivity contribution in [1.29, 1.82) is 0 Å². The Labute approximate surface area is 128 Å². The zero-order chi connectivity index (χ0) is 15.2. The highest BCUT2D eigenvalue weighted by molar-refractivity contribution is 5.89. The van der Waals surface area contributed by atoms with Gasteiger partial charge in [-0.15, -0.1) is 0 Å². The normalized spacial score (nSPS) is 20.3. The van der Waals surface area contributed by atoms with E-state index in [4.69, 9.17) is 4.74 Å². The van der Waals surface area contributed by atoms with E-state index >= 15 is 0 Å². The van der Waals surface area contributed by atoms with Crippen molar-refractivity contribution >= 4 is 5.97 Å². The SMILES string of the molecule is COC(=O)c1ccc(CN2CCCC(C(C)C)CC2)cc1. The topological polar surface area (TPSA) is 29.5 Å². The van der Waals surface area contributed by atoms with Crippen LogP contribution in [0.15, 0.2) is 24.3 Å². The predicted octanol–water partition coefficient (Wildman–Crippen LogP) is 3.73. The molecule has 0 aromatic heterocycles. The first-order valence-corrected chi connectivity index (χ1v) is 7.99. The Morgan fingerprint density at radius 3 is 2.57 bits per heavy atom. The number of benzene rings is 1. The number of methoxy groups -OCH3 is 1. The molecular formula is C18H27NO2. The first-order valence-electron chi connectivity index (χ1n) is 7.99. The van der Waals surface area contributed by atoms with Gasteiger partial charge in [0, 0.05) is 6.54 Å². The fourth-order valence-electron chi connectivity index (χ4n) is 3.13. The highest BCUT2D eigenvalue weighted by Crippen LogP contribution is 2.25. The van der Waals surface area contributed by atoms with Crippen molar-refractivity contribution in [2.75, 3.05) is 20.2 Å². The molecule has 0 aliphatic carbocycles. The Kier molecular flexibility index (Phi) is 5.80. The summed E-state index contributed by atoms with van der Waals surface area (Å²) >= 11 is 0. The molecule has 0 bridgehead atoms. The van der Waals surface area contributed by atoms with Crippen LogP contribution in [0.1, 0.15) is 49.0 Å². The maximum absolute atomic E-state index is 11.4. The van der Waals surface area contributed by atoms with Gasteiger partial charge in [-0.05, 0) is 61.9 Å². The zero-order valence-electron chi connectivity index (χ0n) is 13.5. The summed E-state index contributed by atoms with van der Waals surface area (Å²) in [6, 6.07) is 7.79. The summed E-state index contributed by atoms with van der Waals surface area (Å²) in [5.41, 5.74) is 1.89. The molecule has 3 nitrogen and oxygen atoms in total. The largest absolute Gasteiger partial charge is 0.465 e. The van der Waals surface area contributed by atoms with Crippen LogP contribution in [0, 0.1) is 11.8 Å². The van der Waals surface area contributed by atoms with E-state index in [0.29, 0.717) is 5.56 Å². The molecule has 1 saturated heterocycles. The molecule has 0 spiro atoms. The molecule has 1 heterocycles. The van der Waals surface area contributed by atoms with Crippen molar-refractivity contribution in [1.82, 2.24) is 4.90 Å². The molecule has 0 amide bonds. The molecule has 1 aromatic rings. The first-order chi connectivity index (χ1) is 10.1. The minimum Gasteiger partial charge on any atom is -0.465 e. The smallest absolute Gasteiger partial charge is 0.337 e. The van der Waals surface area contributed by atoms with Crippen LogP contribution < -0.4 is 0 Å². The highest BCUT2D eigenvalue weighted by Gasteiger charge is 2.19. The third-order valence-electron chi connectivity index (χ3n) is 4.59. The van der Waals surface area contributed by atoms with Crippen molar-refractivity contribution in [3.63, 3.8) is 0 Å². The molecule has 1 fully saturated rings. The molecule has 21 heavy (non-hydrogen) atoms. The fraction of sp³-hybridized carbons (Fsp3) is 0.611. The summed E-state index contributed by atoms with van der Waals surface area (Å²) in [7, 11) is 1.42. The molecule has 0 radical (unpaired) electrons. The standard InChI is InChI=1S/C18H27NO2/c1-14(2)16-5-4-11-19(12-10-16)13-15-6-8-17(9-7-15)18(20)21-3/h6-9,14,16H,4-5,10-13H2,1-3H3. The van der Waals surface area contributed by atoms with Crippen LogP contribution in [0.25, 0.3) is 0 Å². The van der Waals surface area contributed by atoms with Crippen molar-refractivity contribution in [2.24, 2.45) is 11.8 Å². The van der Waals surface area contributed by atoms with Crippen LogP contribution in [0.2, 0.25) is 0 Å². The van der Waals surface area contributed by atoms with Crippen molar-refractivity contribution in [2.45, 2.75) is 39.7 Å². The number of hydrogen-bond acceptors (Lipinski definition) is 3. The number of nitrogens with zero attached hydrogens (tertiary/aromatic N) is 1. The second-order valence-electron chi connectivity index (χ2n) is 6.40. The average molecular weight is 289 g/mol. The van der Waals surface area contributed by atoms with Gasteiger partial charge in [0.1, 0.15) is 0 Å². The van der Waals surface area contributed by atoms with Crippen LogP contribution in [-0.4, -0.2) is 31.1 Å². The first kappa shape index (κ1) is 16.0. The maximum Gasteiger partial charge on any atom is 0.337 e.